The monoisotopic (exact) mass is 143 g/mol. The lowest BCUT2D eigenvalue weighted by Gasteiger charge is -1.88. The van der Waals surface area contributed by atoms with Gasteiger partial charge in [-0.3, -0.25) is 4.98 Å². The molecule has 4 nitrogen and oxygen atoms in total. The van der Waals surface area contributed by atoms with Crippen LogP contribution >= 0.6 is 0 Å². The lowest BCUT2D eigenvalue weighted by Crippen LogP contribution is -1.96. The highest BCUT2D eigenvalue weighted by Crippen LogP contribution is 2.12. The molecule has 0 unspecified atom stereocenters. The summed E-state index contributed by atoms with van der Waals surface area (Å²) in [6.45, 7) is 1.95. The molecule has 1 heterocycles. The van der Waals surface area contributed by atoms with E-state index in [4.69, 9.17) is 5.11 Å². The van der Waals surface area contributed by atoms with Crippen molar-refractivity contribution < 1.29 is 9.52 Å². The van der Waals surface area contributed by atoms with E-state index in [9.17, 15) is 4.79 Å². The maximum Gasteiger partial charge on any atom is 0.419 e. The minimum atomic E-state index is -0.596. The molecule has 2 N–H and O–H groups in total. The highest BCUT2D eigenvalue weighted by atomic mass is 16.5. The maximum absolute atomic E-state index is 10.4. The highest BCUT2D eigenvalue weighted by molar-refractivity contribution is 5.11. The van der Waals surface area contributed by atoms with E-state index in [0.717, 1.165) is 6.42 Å². The van der Waals surface area contributed by atoms with E-state index < -0.39 is 5.76 Å². The summed E-state index contributed by atoms with van der Waals surface area (Å²) in [4.78, 5) is 12.8. The van der Waals surface area contributed by atoms with Crippen LogP contribution in [-0.4, -0.2) is 10.1 Å². The van der Waals surface area contributed by atoms with Gasteiger partial charge in [-0.2, -0.15) is 0 Å². The van der Waals surface area contributed by atoms with E-state index in [1.54, 1.807) is 0 Å². The Bertz CT molecular complexity index is 260. The molecule has 0 bridgehead atoms. The van der Waals surface area contributed by atoms with Crippen LogP contribution < -0.4 is 5.76 Å². The maximum atomic E-state index is 10.4. The normalized spacial score (nSPS) is 10.1. The van der Waals surface area contributed by atoms with Crippen molar-refractivity contribution in [1.29, 1.82) is 0 Å². The average Bonchev–Trinajstić information content (AvgIpc) is 2.13. The van der Waals surface area contributed by atoms with Crippen LogP contribution in [-0.2, 0) is 6.42 Å². The van der Waals surface area contributed by atoms with Gasteiger partial charge in [0, 0.05) is 0 Å². The van der Waals surface area contributed by atoms with Gasteiger partial charge in [-0.05, 0) is 6.42 Å². The summed E-state index contributed by atoms with van der Waals surface area (Å²) in [5.41, 5.74) is 0.479. The number of oxazole rings is 1. The van der Waals surface area contributed by atoms with Crippen LogP contribution in [0.5, 0.6) is 5.95 Å². The SMILES string of the molecule is CCCc1[nH]c(=O)oc1O. The molecule has 56 valence electrons. The summed E-state index contributed by atoms with van der Waals surface area (Å²) < 4.78 is 4.31. The molecule has 0 aliphatic heterocycles. The topological polar surface area (TPSA) is 66.2 Å². The Hall–Kier alpha value is -1.19. The van der Waals surface area contributed by atoms with E-state index in [-0.39, 0.29) is 5.95 Å². The van der Waals surface area contributed by atoms with Crippen molar-refractivity contribution in [1.82, 2.24) is 4.98 Å². The number of aryl methyl sites for hydroxylation is 1. The minimum Gasteiger partial charge on any atom is -0.479 e. The molecular formula is C6H9NO3. The second-order valence-corrected chi connectivity index (χ2v) is 2.05. The molecular weight excluding hydrogens is 134 g/mol. The van der Waals surface area contributed by atoms with Crippen molar-refractivity contribution in [2.24, 2.45) is 0 Å². The molecule has 10 heavy (non-hydrogen) atoms. The van der Waals surface area contributed by atoms with Gasteiger partial charge < -0.3 is 9.52 Å². The molecule has 0 amide bonds. The van der Waals surface area contributed by atoms with Crippen molar-refractivity contribution in [3.8, 4) is 5.95 Å². The first-order valence-electron chi connectivity index (χ1n) is 3.15. The van der Waals surface area contributed by atoms with Gasteiger partial charge in [-0.25, -0.2) is 4.79 Å². The Morgan fingerprint density at radius 1 is 1.70 bits per heavy atom. The number of aromatic hydroxyl groups is 1. The molecule has 0 atom stereocenters. The first-order valence-corrected chi connectivity index (χ1v) is 3.15. The van der Waals surface area contributed by atoms with Crippen LogP contribution in [0, 0.1) is 0 Å². The molecule has 0 aromatic carbocycles. The third-order valence-electron chi connectivity index (χ3n) is 1.20. The van der Waals surface area contributed by atoms with Crippen LogP contribution in [0.2, 0.25) is 0 Å². The van der Waals surface area contributed by atoms with E-state index >= 15 is 0 Å². The Labute approximate surface area is 57.5 Å². The fourth-order valence-electron chi connectivity index (χ4n) is 0.771. The fraction of sp³-hybridized carbons (Fsp3) is 0.500. The molecule has 1 aromatic heterocycles. The molecule has 1 rings (SSSR count). The number of rotatable bonds is 2. The number of hydrogen-bond donors (Lipinski definition) is 2. The zero-order valence-corrected chi connectivity index (χ0v) is 5.68. The summed E-state index contributed by atoms with van der Waals surface area (Å²) in [6.07, 6.45) is 1.50. The van der Waals surface area contributed by atoms with Crippen molar-refractivity contribution in [2.75, 3.05) is 0 Å². The van der Waals surface area contributed by atoms with Crippen molar-refractivity contribution in [3.05, 3.63) is 16.2 Å². The molecule has 4 heteroatoms. The van der Waals surface area contributed by atoms with Crippen LogP contribution in [0.1, 0.15) is 19.0 Å². The van der Waals surface area contributed by atoms with Gasteiger partial charge in [0.1, 0.15) is 5.69 Å². The van der Waals surface area contributed by atoms with Crippen LogP contribution in [0.4, 0.5) is 0 Å². The van der Waals surface area contributed by atoms with Gasteiger partial charge in [0.2, 0.25) is 0 Å². The molecule has 0 aliphatic rings. The van der Waals surface area contributed by atoms with Gasteiger partial charge in [-0.15, -0.1) is 0 Å². The molecule has 0 saturated carbocycles. The van der Waals surface area contributed by atoms with Crippen molar-refractivity contribution >= 4 is 0 Å². The molecule has 0 radical (unpaired) electrons. The minimum absolute atomic E-state index is 0.285. The Morgan fingerprint density at radius 2 is 2.40 bits per heavy atom. The van der Waals surface area contributed by atoms with Gasteiger partial charge in [0.05, 0.1) is 0 Å². The highest BCUT2D eigenvalue weighted by Gasteiger charge is 2.05. The third-order valence-corrected chi connectivity index (χ3v) is 1.20. The number of H-pyrrole nitrogens is 1. The van der Waals surface area contributed by atoms with Crippen LogP contribution in [0.25, 0.3) is 0 Å². The molecule has 1 aromatic rings. The average molecular weight is 143 g/mol. The second-order valence-electron chi connectivity index (χ2n) is 2.05. The summed E-state index contributed by atoms with van der Waals surface area (Å²) in [5.74, 6) is -0.882. The van der Waals surface area contributed by atoms with Crippen molar-refractivity contribution in [2.45, 2.75) is 19.8 Å². The quantitative estimate of drug-likeness (QED) is 0.638. The molecule has 0 saturated heterocycles. The third kappa shape index (κ3) is 1.21. The summed E-state index contributed by atoms with van der Waals surface area (Å²) in [5, 5.41) is 8.86. The van der Waals surface area contributed by atoms with Crippen LogP contribution in [0.15, 0.2) is 9.21 Å². The number of hydrogen-bond acceptors (Lipinski definition) is 3. The number of nitrogens with one attached hydrogen (secondary N) is 1. The first kappa shape index (κ1) is 6.92. The Morgan fingerprint density at radius 3 is 2.80 bits per heavy atom. The Balaban J connectivity index is 2.92. The van der Waals surface area contributed by atoms with Gasteiger partial charge >= 0.3 is 11.7 Å². The first-order chi connectivity index (χ1) is 4.74. The van der Waals surface area contributed by atoms with E-state index in [1.165, 1.54) is 0 Å². The van der Waals surface area contributed by atoms with Crippen LogP contribution in [0.3, 0.4) is 0 Å². The molecule has 0 fully saturated rings. The van der Waals surface area contributed by atoms with Gasteiger partial charge in [0.25, 0.3) is 0 Å². The number of aromatic nitrogens is 1. The zero-order chi connectivity index (χ0) is 7.56. The predicted octanol–water partition coefficient (Wildman–Crippen LogP) is 0.626. The predicted molar refractivity (Wildman–Crippen MR) is 35.0 cm³/mol. The van der Waals surface area contributed by atoms with Crippen molar-refractivity contribution in [3.63, 3.8) is 0 Å². The molecule has 0 spiro atoms. The summed E-state index contributed by atoms with van der Waals surface area (Å²) in [6, 6.07) is 0. The zero-order valence-electron chi connectivity index (χ0n) is 5.68. The van der Waals surface area contributed by atoms with Gasteiger partial charge in [0.15, 0.2) is 0 Å². The van der Waals surface area contributed by atoms with E-state index in [0.29, 0.717) is 12.1 Å². The summed E-state index contributed by atoms with van der Waals surface area (Å²) >= 11 is 0. The van der Waals surface area contributed by atoms with E-state index in [2.05, 4.69) is 9.40 Å². The fourth-order valence-corrected chi connectivity index (χ4v) is 0.771. The Kier molecular flexibility index (Phi) is 1.80. The summed E-state index contributed by atoms with van der Waals surface area (Å²) in [7, 11) is 0. The smallest absolute Gasteiger partial charge is 0.419 e. The van der Waals surface area contributed by atoms with Gasteiger partial charge in [-0.1, -0.05) is 13.3 Å². The standard InChI is InChI=1S/C6H9NO3/c1-2-3-4-5(8)10-6(9)7-4/h8H,2-3H2,1H3,(H,7,9). The molecule has 0 aliphatic carbocycles. The van der Waals surface area contributed by atoms with E-state index in [1.807, 2.05) is 6.92 Å². The lowest BCUT2D eigenvalue weighted by molar-refractivity contribution is 0.316. The number of aromatic amines is 1. The lowest BCUT2D eigenvalue weighted by atomic mass is 10.3. The second kappa shape index (κ2) is 2.60. The largest absolute Gasteiger partial charge is 0.479 e.